The van der Waals surface area contributed by atoms with E-state index in [1.54, 1.807) is 12.1 Å². The van der Waals surface area contributed by atoms with E-state index >= 15 is 0 Å². The third-order valence-corrected chi connectivity index (χ3v) is 5.47. The molecule has 0 amide bonds. The number of hydrogen-bond donors (Lipinski definition) is 1. The highest BCUT2D eigenvalue weighted by molar-refractivity contribution is 7.89. The highest BCUT2D eigenvalue weighted by Crippen LogP contribution is 2.20. The van der Waals surface area contributed by atoms with Crippen molar-refractivity contribution < 1.29 is 8.42 Å². The minimum absolute atomic E-state index is 0. The molecule has 1 fully saturated rings. The van der Waals surface area contributed by atoms with Crippen molar-refractivity contribution in [3.05, 3.63) is 29.8 Å². The summed E-state index contributed by atoms with van der Waals surface area (Å²) in [5.41, 5.74) is 6.93. The van der Waals surface area contributed by atoms with Crippen LogP contribution in [0.15, 0.2) is 29.2 Å². The number of piperidine rings is 1. The van der Waals surface area contributed by atoms with Crippen LogP contribution in [0.1, 0.15) is 18.4 Å². The van der Waals surface area contributed by atoms with Crippen molar-refractivity contribution in [2.75, 3.05) is 27.2 Å². The molecule has 1 saturated heterocycles. The van der Waals surface area contributed by atoms with Gasteiger partial charge in [0.1, 0.15) is 0 Å². The fourth-order valence-corrected chi connectivity index (χ4v) is 3.87. The fourth-order valence-electron chi connectivity index (χ4n) is 2.40. The average molecular weight is 334 g/mol. The summed E-state index contributed by atoms with van der Waals surface area (Å²) in [7, 11) is 0.609. The van der Waals surface area contributed by atoms with Gasteiger partial charge in [-0.05, 0) is 44.6 Å². The van der Waals surface area contributed by atoms with Gasteiger partial charge in [0.2, 0.25) is 10.0 Å². The van der Waals surface area contributed by atoms with Crippen molar-refractivity contribution in [1.82, 2.24) is 9.21 Å². The zero-order chi connectivity index (χ0) is 14.8. The molecule has 5 nitrogen and oxygen atoms in total. The Kier molecular flexibility index (Phi) is 6.62. The van der Waals surface area contributed by atoms with Crippen LogP contribution in [0.25, 0.3) is 0 Å². The van der Waals surface area contributed by atoms with Crippen molar-refractivity contribution >= 4 is 22.4 Å². The molecule has 21 heavy (non-hydrogen) atoms. The Balaban J connectivity index is 0.00000220. The van der Waals surface area contributed by atoms with Crippen molar-refractivity contribution in [3.8, 4) is 0 Å². The molecule has 0 aromatic heterocycles. The maximum atomic E-state index is 12.5. The molecule has 0 spiro atoms. The standard InChI is InChI=1S/C14H23N3O2S.ClH/c1-16(2)11-12-3-5-14(6-4-12)20(18,19)17-9-7-13(15)8-10-17;/h3-6,13H,7-11,15H2,1-2H3;1H. The third kappa shape index (κ3) is 4.66. The predicted octanol–water partition coefficient (Wildman–Crippen LogP) is 1.28. The van der Waals surface area contributed by atoms with E-state index in [0.717, 1.165) is 24.9 Å². The molecule has 120 valence electrons. The number of halogens is 1. The maximum absolute atomic E-state index is 12.5. The molecule has 1 aromatic carbocycles. The van der Waals surface area contributed by atoms with Crippen LogP contribution < -0.4 is 5.73 Å². The molecule has 1 aromatic rings. The molecule has 0 saturated carbocycles. The minimum Gasteiger partial charge on any atom is -0.328 e. The lowest BCUT2D eigenvalue weighted by atomic mass is 10.1. The van der Waals surface area contributed by atoms with E-state index in [9.17, 15) is 8.42 Å². The largest absolute Gasteiger partial charge is 0.328 e. The fraction of sp³-hybridized carbons (Fsp3) is 0.571. The topological polar surface area (TPSA) is 66.6 Å². The molecule has 2 N–H and O–H groups in total. The van der Waals surface area contributed by atoms with Gasteiger partial charge >= 0.3 is 0 Å². The van der Waals surface area contributed by atoms with E-state index in [2.05, 4.69) is 4.90 Å². The molecule has 7 heteroatoms. The maximum Gasteiger partial charge on any atom is 0.243 e. The van der Waals surface area contributed by atoms with Gasteiger partial charge in [0.15, 0.2) is 0 Å². The molecule has 0 radical (unpaired) electrons. The van der Waals surface area contributed by atoms with E-state index < -0.39 is 10.0 Å². The van der Waals surface area contributed by atoms with Gasteiger partial charge < -0.3 is 10.6 Å². The summed E-state index contributed by atoms with van der Waals surface area (Å²) >= 11 is 0. The SMILES string of the molecule is CN(C)Cc1ccc(S(=O)(=O)N2CCC(N)CC2)cc1.Cl. The number of sulfonamides is 1. The first-order chi connectivity index (χ1) is 9.39. The van der Waals surface area contributed by atoms with Gasteiger partial charge in [0, 0.05) is 25.7 Å². The summed E-state index contributed by atoms with van der Waals surface area (Å²) < 4.78 is 26.5. The molecule has 0 atom stereocenters. The summed E-state index contributed by atoms with van der Waals surface area (Å²) in [5.74, 6) is 0. The molecule has 1 aliphatic heterocycles. The van der Waals surface area contributed by atoms with Gasteiger partial charge in [-0.2, -0.15) is 4.31 Å². The van der Waals surface area contributed by atoms with Crippen LogP contribution in [0.3, 0.4) is 0 Å². The lowest BCUT2D eigenvalue weighted by Crippen LogP contribution is -2.42. The minimum atomic E-state index is -3.37. The van der Waals surface area contributed by atoms with E-state index in [0.29, 0.717) is 18.0 Å². The monoisotopic (exact) mass is 333 g/mol. The van der Waals surface area contributed by atoms with Crippen molar-refractivity contribution in [2.45, 2.75) is 30.3 Å². The summed E-state index contributed by atoms with van der Waals surface area (Å²) in [5, 5.41) is 0. The third-order valence-electron chi connectivity index (χ3n) is 3.56. The number of benzene rings is 1. The predicted molar refractivity (Wildman–Crippen MR) is 87.0 cm³/mol. The Hall–Kier alpha value is -0.660. The van der Waals surface area contributed by atoms with Crippen LogP contribution in [0.4, 0.5) is 0 Å². The number of rotatable bonds is 4. The number of nitrogens with zero attached hydrogens (tertiary/aromatic N) is 2. The van der Waals surface area contributed by atoms with Crippen LogP contribution in [0.5, 0.6) is 0 Å². The first-order valence-electron chi connectivity index (χ1n) is 6.89. The van der Waals surface area contributed by atoms with Crippen LogP contribution in [0, 0.1) is 0 Å². The Morgan fingerprint density at radius 2 is 1.71 bits per heavy atom. The van der Waals surface area contributed by atoms with E-state index in [-0.39, 0.29) is 18.4 Å². The van der Waals surface area contributed by atoms with Crippen LogP contribution >= 0.6 is 12.4 Å². The Labute approximate surface area is 133 Å². The highest BCUT2D eigenvalue weighted by atomic mass is 35.5. The number of nitrogens with two attached hydrogens (primary N) is 1. The van der Waals surface area contributed by atoms with E-state index in [4.69, 9.17) is 5.73 Å². The van der Waals surface area contributed by atoms with E-state index in [1.165, 1.54) is 4.31 Å². The molecule has 2 rings (SSSR count). The van der Waals surface area contributed by atoms with Gasteiger partial charge in [-0.1, -0.05) is 12.1 Å². The normalized spacial score (nSPS) is 17.7. The molecular weight excluding hydrogens is 310 g/mol. The van der Waals surface area contributed by atoms with Crippen molar-refractivity contribution in [1.29, 1.82) is 0 Å². The average Bonchev–Trinajstić information content (AvgIpc) is 2.39. The Morgan fingerprint density at radius 3 is 2.19 bits per heavy atom. The van der Waals surface area contributed by atoms with Gasteiger partial charge in [-0.25, -0.2) is 8.42 Å². The van der Waals surface area contributed by atoms with Crippen LogP contribution in [-0.4, -0.2) is 50.8 Å². The van der Waals surface area contributed by atoms with Crippen molar-refractivity contribution in [2.24, 2.45) is 5.73 Å². The van der Waals surface area contributed by atoms with Gasteiger partial charge in [0.05, 0.1) is 4.90 Å². The summed E-state index contributed by atoms with van der Waals surface area (Å²) in [6.07, 6.45) is 1.47. The zero-order valence-electron chi connectivity index (χ0n) is 12.5. The van der Waals surface area contributed by atoms with Crippen LogP contribution in [0.2, 0.25) is 0 Å². The Bertz CT molecular complexity index is 538. The van der Waals surface area contributed by atoms with Gasteiger partial charge in [-0.15, -0.1) is 12.4 Å². The van der Waals surface area contributed by atoms with Gasteiger partial charge in [0.25, 0.3) is 0 Å². The molecule has 0 bridgehead atoms. The van der Waals surface area contributed by atoms with Crippen LogP contribution in [-0.2, 0) is 16.6 Å². The first kappa shape index (κ1) is 18.4. The second kappa shape index (κ2) is 7.56. The molecule has 0 unspecified atom stereocenters. The van der Waals surface area contributed by atoms with Gasteiger partial charge in [-0.3, -0.25) is 0 Å². The summed E-state index contributed by atoms with van der Waals surface area (Å²) in [6.45, 7) is 1.84. The summed E-state index contributed by atoms with van der Waals surface area (Å²) in [4.78, 5) is 2.42. The smallest absolute Gasteiger partial charge is 0.243 e. The number of hydrogen-bond acceptors (Lipinski definition) is 4. The second-order valence-corrected chi connectivity index (χ2v) is 7.56. The highest BCUT2D eigenvalue weighted by Gasteiger charge is 2.27. The molecule has 1 aliphatic rings. The lowest BCUT2D eigenvalue weighted by molar-refractivity contribution is 0.320. The summed E-state index contributed by atoms with van der Waals surface area (Å²) in [6, 6.07) is 7.28. The lowest BCUT2D eigenvalue weighted by Gasteiger charge is -2.29. The molecule has 0 aliphatic carbocycles. The molecule has 1 heterocycles. The second-order valence-electron chi connectivity index (χ2n) is 5.62. The zero-order valence-corrected chi connectivity index (χ0v) is 14.2. The van der Waals surface area contributed by atoms with E-state index in [1.807, 2.05) is 26.2 Å². The van der Waals surface area contributed by atoms with Crippen molar-refractivity contribution in [3.63, 3.8) is 0 Å². The Morgan fingerprint density at radius 1 is 1.19 bits per heavy atom. The first-order valence-corrected chi connectivity index (χ1v) is 8.33. The molecular formula is C14H24ClN3O2S. The quantitative estimate of drug-likeness (QED) is 0.901.